The molecule has 0 aromatic carbocycles. The molecule has 0 aromatic rings. The molecule has 6 nitrogen and oxygen atoms in total. The van der Waals surface area contributed by atoms with Gasteiger partial charge in [0.05, 0.1) is 0 Å². The summed E-state index contributed by atoms with van der Waals surface area (Å²) < 4.78 is 0. The normalized spacial score (nSPS) is 16.0. The fourth-order valence-corrected chi connectivity index (χ4v) is 1.52. The zero-order valence-electron chi connectivity index (χ0n) is 9.33. The smallest absolute Gasteiger partial charge is 0.328 e. The van der Waals surface area contributed by atoms with E-state index in [0.717, 1.165) is 12.2 Å². The highest BCUT2D eigenvalue weighted by Gasteiger charge is 2.21. The van der Waals surface area contributed by atoms with Crippen molar-refractivity contribution in [2.24, 2.45) is 0 Å². The fourth-order valence-electron chi connectivity index (χ4n) is 1.52. The second-order valence-electron chi connectivity index (χ2n) is 3.53. The van der Waals surface area contributed by atoms with Gasteiger partial charge >= 0.3 is 5.97 Å². The first-order chi connectivity index (χ1) is 8.04. The third-order valence-corrected chi connectivity index (χ3v) is 2.45. The van der Waals surface area contributed by atoms with Gasteiger partial charge in [-0.2, -0.15) is 0 Å². The van der Waals surface area contributed by atoms with Gasteiger partial charge in [-0.3, -0.25) is 9.59 Å². The summed E-state index contributed by atoms with van der Waals surface area (Å²) in [6, 6.07) is 0. The van der Waals surface area contributed by atoms with E-state index in [1.54, 1.807) is 4.90 Å². The maximum atomic E-state index is 11.5. The number of aliphatic carboxylic acids is 1. The Morgan fingerprint density at radius 3 is 1.82 bits per heavy atom. The van der Waals surface area contributed by atoms with Gasteiger partial charge < -0.3 is 14.9 Å². The zero-order chi connectivity index (χ0) is 12.8. The third kappa shape index (κ3) is 3.75. The third-order valence-electron chi connectivity index (χ3n) is 2.45. The van der Waals surface area contributed by atoms with Crippen molar-refractivity contribution in [1.82, 2.24) is 9.80 Å². The molecule has 0 atom stereocenters. The summed E-state index contributed by atoms with van der Waals surface area (Å²) in [4.78, 5) is 36.1. The van der Waals surface area contributed by atoms with Gasteiger partial charge in [0.2, 0.25) is 11.8 Å². The van der Waals surface area contributed by atoms with Crippen LogP contribution in [0.15, 0.2) is 24.8 Å². The van der Waals surface area contributed by atoms with Crippen LogP contribution in [0.5, 0.6) is 0 Å². The lowest BCUT2D eigenvalue weighted by Gasteiger charge is -2.33. The fraction of sp³-hybridized carbons (Fsp3) is 0.364. The molecule has 0 aliphatic carbocycles. The molecule has 0 saturated carbocycles. The molecule has 2 amide bonds. The molecule has 0 bridgehead atoms. The van der Waals surface area contributed by atoms with E-state index in [2.05, 4.69) is 6.58 Å². The molecule has 6 heteroatoms. The van der Waals surface area contributed by atoms with Crippen LogP contribution >= 0.6 is 0 Å². The predicted molar refractivity (Wildman–Crippen MR) is 60.1 cm³/mol. The molecule has 1 saturated heterocycles. The van der Waals surface area contributed by atoms with E-state index < -0.39 is 5.97 Å². The van der Waals surface area contributed by atoms with Gasteiger partial charge in [0, 0.05) is 38.3 Å². The van der Waals surface area contributed by atoms with E-state index in [9.17, 15) is 14.4 Å². The molecular weight excluding hydrogens is 224 g/mol. The van der Waals surface area contributed by atoms with Crippen molar-refractivity contribution in [3.63, 3.8) is 0 Å². The van der Waals surface area contributed by atoms with E-state index in [-0.39, 0.29) is 11.8 Å². The average Bonchev–Trinajstić information content (AvgIpc) is 2.35. The molecule has 0 spiro atoms. The van der Waals surface area contributed by atoms with Crippen LogP contribution in [0.25, 0.3) is 0 Å². The maximum Gasteiger partial charge on any atom is 0.328 e. The van der Waals surface area contributed by atoms with Crippen molar-refractivity contribution in [3.05, 3.63) is 24.8 Å². The van der Waals surface area contributed by atoms with Gasteiger partial charge in [-0.05, 0) is 6.08 Å². The van der Waals surface area contributed by atoms with E-state index in [1.807, 2.05) is 0 Å². The molecule has 92 valence electrons. The maximum absolute atomic E-state index is 11.5. The minimum Gasteiger partial charge on any atom is -0.478 e. The number of hydrogen-bond acceptors (Lipinski definition) is 3. The van der Waals surface area contributed by atoms with Crippen LogP contribution in [-0.4, -0.2) is 58.9 Å². The van der Waals surface area contributed by atoms with Crippen molar-refractivity contribution >= 4 is 17.8 Å². The lowest BCUT2D eigenvalue weighted by molar-refractivity contribution is -0.134. The number of piperazine rings is 1. The van der Waals surface area contributed by atoms with Crippen LogP contribution in [0.4, 0.5) is 0 Å². The number of nitrogens with zero attached hydrogens (tertiary/aromatic N) is 2. The first-order valence-electron chi connectivity index (χ1n) is 5.16. The van der Waals surface area contributed by atoms with Gasteiger partial charge in [-0.25, -0.2) is 4.79 Å². The van der Waals surface area contributed by atoms with Crippen molar-refractivity contribution in [2.45, 2.75) is 0 Å². The number of amides is 2. The minimum absolute atomic E-state index is 0.154. The lowest BCUT2D eigenvalue weighted by atomic mass is 10.3. The summed E-state index contributed by atoms with van der Waals surface area (Å²) in [5, 5.41) is 8.39. The Labute approximate surface area is 98.8 Å². The Kier molecular flexibility index (Phi) is 4.45. The highest BCUT2D eigenvalue weighted by molar-refractivity contribution is 5.94. The van der Waals surface area contributed by atoms with Crippen LogP contribution in [-0.2, 0) is 14.4 Å². The highest BCUT2D eigenvalue weighted by Crippen LogP contribution is 2.03. The van der Waals surface area contributed by atoms with Crippen molar-refractivity contribution in [3.8, 4) is 0 Å². The molecule has 17 heavy (non-hydrogen) atoms. The van der Waals surface area contributed by atoms with Crippen LogP contribution < -0.4 is 0 Å². The number of carbonyl (C=O) groups excluding carboxylic acids is 2. The van der Waals surface area contributed by atoms with E-state index in [0.29, 0.717) is 26.2 Å². The molecule has 1 fully saturated rings. The zero-order valence-corrected chi connectivity index (χ0v) is 9.33. The first kappa shape index (κ1) is 13.0. The van der Waals surface area contributed by atoms with Crippen molar-refractivity contribution in [1.29, 1.82) is 0 Å². The van der Waals surface area contributed by atoms with Crippen molar-refractivity contribution < 1.29 is 19.5 Å². The topological polar surface area (TPSA) is 77.9 Å². The Balaban J connectivity index is 2.46. The Morgan fingerprint density at radius 2 is 1.41 bits per heavy atom. The molecule has 1 heterocycles. The Bertz CT molecular complexity index is 368. The number of carboxylic acids is 1. The standard InChI is InChI=1S/C11H14N2O4/c1-2-9(14)12-5-7-13(8-6-12)10(15)3-4-11(16)17/h2-4H,1,5-8H2,(H,16,17)/b4-3-. The molecule has 1 aliphatic heterocycles. The number of hydrogen-bond donors (Lipinski definition) is 1. The molecule has 1 rings (SSSR count). The van der Waals surface area contributed by atoms with Crippen LogP contribution in [0.2, 0.25) is 0 Å². The second-order valence-corrected chi connectivity index (χ2v) is 3.53. The minimum atomic E-state index is -1.15. The second kappa shape index (κ2) is 5.83. The quantitative estimate of drug-likeness (QED) is 0.671. The number of carboxylic acid groups (broad SMARTS) is 1. The number of rotatable bonds is 3. The van der Waals surface area contributed by atoms with E-state index in [4.69, 9.17) is 5.11 Å². The Morgan fingerprint density at radius 1 is 0.941 bits per heavy atom. The SMILES string of the molecule is C=CC(=O)N1CCN(C(=O)/C=C\C(=O)O)CC1. The van der Waals surface area contributed by atoms with E-state index >= 15 is 0 Å². The summed E-state index contributed by atoms with van der Waals surface area (Å²) in [5.41, 5.74) is 0. The average molecular weight is 238 g/mol. The lowest BCUT2D eigenvalue weighted by Crippen LogP contribution is -2.49. The summed E-state index contributed by atoms with van der Waals surface area (Å²) >= 11 is 0. The Hall–Kier alpha value is -2.11. The molecule has 0 radical (unpaired) electrons. The largest absolute Gasteiger partial charge is 0.478 e. The van der Waals surface area contributed by atoms with E-state index in [1.165, 1.54) is 11.0 Å². The number of carbonyl (C=O) groups is 3. The van der Waals surface area contributed by atoms with Gasteiger partial charge in [0.1, 0.15) is 0 Å². The van der Waals surface area contributed by atoms with Crippen LogP contribution in [0.1, 0.15) is 0 Å². The summed E-state index contributed by atoms with van der Waals surface area (Å²) in [7, 11) is 0. The van der Waals surface area contributed by atoms with Gasteiger partial charge in [0.25, 0.3) is 0 Å². The summed E-state index contributed by atoms with van der Waals surface area (Å²) in [6.07, 6.45) is 3.07. The van der Waals surface area contributed by atoms with Gasteiger partial charge in [-0.15, -0.1) is 0 Å². The molecule has 1 N–H and O–H groups in total. The van der Waals surface area contributed by atoms with Gasteiger partial charge in [0.15, 0.2) is 0 Å². The molecular formula is C11H14N2O4. The molecule has 1 aliphatic rings. The first-order valence-corrected chi connectivity index (χ1v) is 5.16. The predicted octanol–water partition coefficient (Wildman–Crippen LogP) is -0.516. The highest BCUT2D eigenvalue weighted by atomic mass is 16.4. The van der Waals surface area contributed by atoms with Crippen LogP contribution in [0.3, 0.4) is 0 Å². The monoisotopic (exact) mass is 238 g/mol. The van der Waals surface area contributed by atoms with Gasteiger partial charge in [-0.1, -0.05) is 6.58 Å². The molecule has 0 aromatic heterocycles. The van der Waals surface area contributed by atoms with Crippen molar-refractivity contribution in [2.75, 3.05) is 26.2 Å². The summed E-state index contributed by atoms with van der Waals surface area (Å²) in [5.74, 6) is -1.66. The summed E-state index contributed by atoms with van der Waals surface area (Å²) in [6.45, 7) is 5.08. The molecule has 0 unspecified atom stereocenters. The van der Waals surface area contributed by atoms with Crippen LogP contribution in [0, 0.1) is 0 Å².